The maximum Gasteiger partial charge on any atom is 0.215 e. The highest BCUT2D eigenvalue weighted by Crippen LogP contribution is 2.43. The van der Waals surface area contributed by atoms with Gasteiger partial charge < -0.3 is 18.3 Å². The second-order valence-corrected chi connectivity index (χ2v) is 16.5. The van der Waals surface area contributed by atoms with E-state index in [9.17, 15) is 0 Å². The van der Waals surface area contributed by atoms with Crippen LogP contribution in [0.5, 0.6) is 0 Å². The summed E-state index contributed by atoms with van der Waals surface area (Å²) in [4.78, 5) is 5.31. The smallest absolute Gasteiger partial charge is 0.215 e. The molecule has 0 saturated carbocycles. The fourth-order valence-electron chi connectivity index (χ4n) is 10.6. The summed E-state index contributed by atoms with van der Waals surface area (Å²) in [6, 6.07) is 73.0. The lowest BCUT2D eigenvalue weighted by molar-refractivity contribution is 0.870. The zero-order valence-corrected chi connectivity index (χ0v) is 33.7. The van der Waals surface area contributed by atoms with Gasteiger partial charge in [-0.1, -0.05) is 103 Å². The maximum atomic E-state index is 5.31. The van der Waals surface area contributed by atoms with Gasteiger partial charge in [-0.05, 0) is 97.1 Å². The number of aromatic nitrogens is 6. The Balaban J connectivity index is 1.12. The molecule has 0 aliphatic carbocycles. The van der Waals surface area contributed by atoms with Gasteiger partial charge >= 0.3 is 0 Å². The van der Waals surface area contributed by atoms with Gasteiger partial charge in [-0.15, -0.1) is 0 Å². The Bertz CT molecular complexity index is 4060. The van der Waals surface area contributed by atoms with Crippen LogP contribution in [0.15, 0.2) is 200 Å². The molecule has 62 heavy (non-hydrogen) atoms. The number of aryl methyl sites for hydroxylation is 1. The predicted molar refractivity (Wildman–Crippen MR) is 258 cm³/mol. The second kappa shape index (κ2) is 12.3. The molecular weight excluding hydrogens is 757 g/mol. The van der Waals surface area contributed by atoms with Crippen molar-refractivity contribution >= 4 is 98.3 Å². The molecule has 5 heterocycles. The van der Waals surface area contributed by atoms with E-state index in [1.54, 1.807) is 0 Å². The van der Waals surface area contributed by atoms with E-state index in [-0.39, 0.29) is 0 Å². The molecule has 0 saturated heterocycles. The van der Waals surface area contributed by atoms with Gasteiger partial charge in [0.25, 0.3) is 0 Å². The van der Waals surface area contributed by atoms with E-state index in [0.29, 0.717) is 0 Å². The highest BCUT2D eigenvalue weighted by molar-refractivity contribution is 6.20. The van der Waals surface area contributed by atoms with Gasteiger partial charge in [-0.25, -0.2) is 4.98 Å². The molecule has 6 nitrogen and oxygen atoms in total. The quantitative estimate of drug-likeness (QED) is 0.175. The molecule has 0 amide bonds. The first-order valence-corrected chi connectivity index (χ1v) is 21.2. The van der Waals surface area contributed by atoms with Crippen molar-refractivity contribution in [2.24, 2.45) is 7.05 Å². The van der Waals surface area contributed by atoms with Crippen LogP contribution in [0.3, 0.4) is 0 Å². The van der Waals surface area contributed by atoms with Crippen LogP contribution < -0.4 is 0 Å². The van der Waals surface area contributed by atoms with Crippen molar-refractivity contribution in [2.75, 3.05) is 0 Å². The molecule has 14 rings (SSSR count). The molecular formula is C56H36N6. The molecule has 0 spiro atoms. The van der Waals surface area contributed by atoms with E-state index in [1.807, 2.05) is 0 Å². The third-order valence-corrected chi connectivity index (χ3v) is 13.3. The molecule has 0 N–H and O–H groups in total. The maximum absolute atomic E-state index is 5.31. The number of nitrogens with zero attached hydrogens (tertiary/aromatic N) is 6. The molecule has 14 aromatic rings. The molecule has 290 valence electrons. The van der Waals surface area contributed by atoms with E-state index in [1.165, 1.54) is 65.2 Å². The molecule has 5 aromatic heterocycles. The van der Waals surface area contributed by atoms with Crippen molar-refractivity contribution in [3.63, 3.8) is 0 Å². The number of para-hydroxylation sites is 7. The molecule has 0 radical (unpaired) electrons. The molecule has 0 atom stereocenters. The van der Waals surface area contributed by atoms with Gasteiger partial charge in [-0.2, -0.15) is 0 Å². The zero-order chi connectivity index (χ0) is 40.6. The Labute approximate surface area is 354 Å². The van der Waals surface area contributed by atoms with E-state index in [0.717, 1.165) is 56.1 Å². The summed E-state index contributed by atoms with van der Waals surface area (Å²) in [6.07, 6.45) is 0. The SMILES string of the molecule is Cn1c(-n2c3ccc(-n4c5ccccc5c5ccccc54)cc3c3cc4c5cc(-n6c7ccccc7c7ccccc76)ccc5n(-c5ccccc5)c4cc32)nc2ccccc21. The van der Waals surface area contributed by atoms with Crippen LogP contribution in [0, 0.1) is 0 Å². The van der Waals surface area contributed by atoms with Crippen LogP contribution >= 0.6 is 0 Å². The van der Waals surface area contributed by atoms with Crippen molar-refractivity contribution < 1.29 is 0 Å². The Morgan fingerprint density at radius 2 is 0.661 bits per heavy atom. The summed E-state index contributed by atoms with van der Waals surface area (Å²) in [6.45, 7) is 0. The molecule has 0 bridgehead atoms. The van der Waals surface area contributed by atoms with Crippen LogP contribution in [0.1, 0.15) is 0 Å². The molecule has 0 fully saturated rings. The lowest BCUT2D eigenvalue weighted by Gasteiger charge is -2.11. The Morgan fingerprint density at radius 3 is 1.18 bits per heavy atom. The molecule has 6 heteroatoms. The first-order chi connectivity index (χ1) is 30.7. The van der Waals surface area contributed by atoms with E-state index < -0.39 is 0 Å². The monoisotopic (exact) mass is 792 g/mol. The standard InChI is InChI=1S/C56H36N6/c1-58-53-26-14-9-21-46(53)57-56(58)62-52-30-28-37(61-49-24-12-7-19-40(49)41-20-8-13-25-50(41)61)32-43(52)45-33-44-42-31-36(60-47-22-10-5-17-38(47)39-18-6-11-23-48(39)60)27-29-51(42)59(54(44)34-55(45)62)35-15-3-2-4-16-35/h2-34H,1H3. The van der Waals surface area contributed by atoms with E-state index in [4.69, 9.17) is 4.98 Å². The molecule has 9 aromatic carbocycles. The Hall–Kier alpha value is -8.35. The lowest BCUT2D eigenvalue weighted by atomic mass is 10.1. The summed E-state index contributed by atoms with van der Waals surface area (Å²) in [7, 11) is 2.13. The second-order valence-electron chi connectivity index (χ2n) is 16.5. The Morgan fingerprint density at radius 1 is 0.274 bits per heavy atom. The topological polar surface area (TPSA) is 37.5 Å². The van der Waals surface area contributed by atoms with Crippen molar-refractivity contribution in [2.45, 2.75) is 0 Å². The zero-order valence-electron chi connectivity index (χ0n) is 33.7. The summed E-state index contributed by atoms with van der Waals surface area (Å²) >= 11 is 0. The summed E-state index contributed by atoms with van der Waals surface area (Å²) in [5, 5.41) is 9.76. The van der Waals surface area contributed by atoms with Crippen LogP contribution in [0.2, 0.25) is 0 Å². The van der Waals surface area contributed by atoms with Crippen molar-refractivity contribution in [1.29, 1.82) is 0 Å². The largest absolute Gasteiger partial charge is 0.313 e. The van der Waals surface area contributed by atoms with Crippen LogP contribution in [-0.4, -0.2) is 27.8 Å². The highest BCUT2D eigenvalue weighted by atomic mass is 15.2. The van der Waals surface area contributed by atoms with Gasteiger partial charge in [-0.3, -0.25) is 4.57 Å². The first kappa shape index (κ1) is 33.5. The minimum absolute atomic E-state index is 0.881. The summed E-state index contributed by atoms with van der Waals surface area (Å²) < 4.78 is 11.9. The average molecular weight is 793 g/mol. The average Bonchev–Trinajstić information content (AvgIpc) is 4.11. The van der Waals surface area contributed by atoms with Gasteiger partial charge in [0.1, 0.15) is 0 Å². The Kier molecular flexibility index (Phi) is 6.67. The third-order valence-electron chi connectivity index (χ3n) is 13.3. The number of hydrogen-bond donors (Lipinski definition) is 0. The number of benzene rings is 9. The lowest BCUT2D eigenvalue weighted by Crippen LogP contribution is -2.03. The first-order valence-electron chi connectivity index (χ1n) is 21.2. The number of imidazole rings is 1. The van der Waals surface area contributed by atoms with Crippen LogP contribution in [0.25, 0.3) is 121 Å². The normalized spacial score (nSPS) is 12.3. The fraction of sp³-hybridized carbons (Fsp3) is 0.0179. The fourth-order valence-corrected chi connectivity index (χ4v) is 10.6. The number of rotatable bonds is 4. The van der Waals surface area contributed by atoms with Crippen molar-refractivity contribution in [1.82, 2.24) is 27.8 Å². The summed E-state index contributed by atoms with van der Waals surface area (Å²) in [5.41, 5.74) is 14.7. The van der Waals surface area contributed by atoms with Crippen molar-refractivity contribution in [3.8, 4) is 23.0 Å². The third kappa shape index (κ3) is 4.45. The molecule has 0 aliphatic heterocycles. The van der Waals surface area contributed by atoms with Gasteiger partial charge in [0.15, 0.2) is 0 Å². The minimum Gasteiger partial charge on any atom is -0.313 e. The number of fused-ring (bicyclic) bond motifs is 13. The highest BCUT2D eigenvalue weighted by Gasteiger charge is 2.23. The predicted octanol–water partition coefficient (Wildman–Crippen LogP) is 14.0. The molecule has 0 aliphatic rings. The van der Waals surface area contributed by atoms with Gasteiger partial charge in [0, 0.05) is 67.2 Å². The van der Waals surface area contributed by atoms with Gasteiger partial charge in [0.05, 0.1) is 55.2 Å². The number of hydrogen-bond acceptors (Lipinski definition) is 1. The molecule has 0 unspecified atom stereocenters. The van der Waals surface area contributed by atoms with Crippen LogP contribution in [-0.2, 0) is 7.05 Å². The summed E-state index contributed by atoms with van der Waals surface area (Å²) in [5.74, 6) is 0.881. The van der Waals surface area contributed by atoms with Gasteiger partial charge in [0.2, 0.25) is 5.95 Å². The van der Waals surface area contributed by atoms with E-state index >= 15 is 0 Å². The van der Waals surface area contributed by atoms with E-state index in [2.05, 4.69) is 230 Å². The van der Waals surface area contributed by atoms with Crippen molar-refractivity contribution in [3.05, 3.63) is 200 Å². The minimum atomic E-state index is 0.881. The van der Waals surface area contributed by atoms with Crippen LogP contribution in [0.4, 0.5) is 0 Å².